The molecule has 124 valence electrons. The molecule has 0 saturated carbocycles. The number of nitro groups is 1. The van der Waals surface area contributed by atoms with E-state index in [9.17, 15) is 24.8 Å². The van der Waals surface area contributed by atoms with Gasteiger partial charge in [0.25, 0.3) is 5.69 Å². The van der Waals surface area contributed by atoms with Crippen molar-refractivity contribution >= 4 is 23.7 Å². The van der Waals surface area contributed by atoms with Gasteiger partial charge in [-0.1, -0.05) is 0 Å². The molecule has 23 heavy (non-hydrogen) atoms. The Hall–Kier alpha value is -3.17. The lowest BCUT2D eigenvalue weighted by Gasteiger charge is -2.12. The Morgan fingerprint density at radius 3 is 2.52 bits per heavy atom. The first-order valence-corrected chi connectivity index (χ1v) is 6.43. The quantitative estimate of drug-likeness (QED) is 0.328. The van der Waals surface area contributed by atoms with Crippen LogP contribution < -0.4 is 20.6 Å². The number of nitro benzene ring substituents is 1. The van der Waals surface area contributed by atoms with Crippen molar-refractivity contribution in [1.82, 2.24) is 10.7 Å². The number of nitrogens with one attached hydrogen (secondary N) is 2. The summed E-state index contributed by atoms with van der Waals surface area (Å²) >= 11 is 0. The number of hydrogen-bond acceptors (Lipinski definition) is 7. The van der Waals surface area contributed by atoms with E-state index in [0.29, 0.717) is 0 Å². The monoisotopic (exact) mass is 323 g/mol. The number of amides is 2. The van der Waals surface area contributed by atoms with Gasteiger partial charge in [-0.05, 0) is 19.9 Å². The Labute approximate surface area is 131 Å². The van der Waals surface area contributed by atoms with Crippen LogP contribution in [0.2, 0.25) is 0 Å². The zero-order valence-electron chi connectivity index (χ0n) is 12.7. The minimum absolute atomic E-state index is 0.151. The molecular weight excluding hydrogens is 308 g/mol. The van der Waals surface area contributed by atoms with Gasteiger partial charge < -0.3 is 15.2 Å². The molecule has 2 amide bonds. The lowest BCUT2D eigenvalue weighted by molar-refractivity contribution is -0.398. The number of rotatable bonds is 5. The molecule has 0 unspecified atom stereocenters. The topological polar surface area (TPSA) is 146 Å². The molecule has 10 nitrogen and oxygen atoms in total. The second-order valence-corrected chi connectivity index (χ2v) is 4.66. The van der Waals surface area contributed by atoms with Crippen LogP contribution >= 0.6 is 0 Å². The molecule has 0 aliphatic rings. The molecule has 0 aliphatic heterocycles. The first kappa shape index (κ1) is 17.9. The molecule has 0 radical (unpaired) electrons. The van der Waals surface area contributed by atoms with Crippen molar-refractivity contribution in [2.24, 2.45) is 5.10 Å². The summed E-state index contributed by atoms with van der Waals surface area (Å²) < 4.78 is 4.76. The molecule has 2 N–H and O–H groups in total. The van der Waals surface area contributed by atoms with Gasteiger partial charge in [0.2, 0.25) is 0 Å². The summed E-state index contributed by atoms with van der Waals surface area (Å²) in [5.41, 5.74) is 1.43. The Morgan fingerprint density at radius 2 is 2.00 bits per heavy atom. The second-order valence-electron chi connectivity index (χ2n) is 4.66. The molecule has 1 rings (SSSR count). The number of hydrogen-bond donors (Lipinski definition) is 2. The molecule has 1 aromatic carbocycles. The average molecular weight is 323 g/mol. The van der Waals surface area contributed by atoms with Crippen LogP contribution in [0.4, 0.5) is 5.69 Å². The number of carbonyl (C=O) groups is 2. The minimum atomic E-state index is -0.989. The van der Waals surface area contributed by atoms with Crippen molar-refractivity contribution in [1.29, 1.82) is 0 Å². The Balaban J connectivity index is 2.88. The first-order chi connectivity index (χ1) is 10.8. The van der Waals surface area contributed by atoms with Gasteiger partial charge >= 0.3 is 11.8 Å². The predicted molar refractivity (Wildman–Crippen MR) is 78.1 cm³/mol. The summed E-state index contributed by atoms with van der Waals surface area (Å²) in [6.07, 6.45) is 1.05. The third-order valence-electron chi connectivity index (χ3n) is 2.48. The lowest BCUT2D eigenvalue weighted by Crippen LogP contribution is -2.41. The summed E-state index contributed by atoms with van der Waals surface area (Å²) in [7, 11) is 1.19. The van der Waals surface area contributed by atoms with Gasteiger partial charge in [0.15, 0.2) is 0 Å². The molecule has 10 heteroatoms. The Morgan fingerprint density at radius 1 is 1.35 bits per heavy atom. The second kappa shape index (κ2) is 7.73. The van der Waals surface area contributed by atoms with Gasteiger partial charge in [-0.3, -0.25) is 19.7 Å². The largest absolute Gasteiger partial charge is 0.865 e. The molecule has 0 aliphatic carbocycles. The number of ether oxygens (including phenoxy) is 1. The number of nitrogens with zero attached hydrogens (tertiary/aromatic N) is 2. The van der Waals surface area contributed by atoms with Crippen LogP contribution in [0.25, 0.3) is 0 Å². The van der Waals surface area contributed by atoms with Crippen molar-refractivity contribution in [2.45, 2.75) is 19.9 Å². The number of carbonyl (C=O) groups excluding carboxylic acids is 2. The van der Waals surface area contributed by atoms with E-state index in [1.807, 2.05) is 5.43 Å². The third kappa shape index (κ3) is 4.95. The summed E-state index contributed by atoms with van der Waals surface area (Å²) in [6.45, 7) is 3.37. The summed E-state index contributed by atoms with van der Waals surface area (Å²) in [5, 5.41) is 28.3. The minimum Gasteiger partial charge on any atom is -0.865 e. The van der Waals surface area contributed by atoms with Gasteiger partial charge in [0, 0.05) is 23.4 Å². The SMILES string of the molecule is COc1cc(/C=N\NC(=O)C(=O)NC(C)C)cc([N+](=O)[O-])c1[O-]. The summed E-state index contributed by atoms with van der Waals surface area (Å²) in [5.74, 6) is -2.95. The van der Waals surface area contributed by atoms with Crippen LogP contribution in [0.3, 0.4) is 0 Å². The smallest absolute Gasteiger partial charge is 0.329 e. The van der Waals surface area contributed by atoms with Crippen molar-refractivity contribution in [3.63, 3.8) is 0 Å². The molecule has 0 spiro atoms. The number of benzene rings is 1. The van der Waals surface area contributed by atoms with Gasteiger partial charge in [-0.2, -0.15) is 5.10 Å². The van der Waals surface area contributed by atoms with E-state index in [1.54, 1.807) is 13.8 Å². The zero-order chi connectivity index (χ0) is 17.6. The van der Waals surface area contributed by atoms with Crippen LogP contribution in [0, 0.1) is 10.1 Å². The van der Waals surface area contributed by atoms with Crippen LogP contribution in [0.15, 0.2) is 17.2 Å². The van der Waals surface area contributed by atoms with E-state index < -0.39 is 28.2 Å². The lowest BCUT2D eigenvalue weighted by atomic mass is 10.2. The fraction of sp³-hybridized carbons (Fsp3) is 0.308. The van der Waals surface area contributed by atoms with Crippen LogP contribution in [-0.4, -0.2) is 36.1 Å². The summed E-state index contributed by atoms with van der Waals surface area (Å²) in [4.78, 5) is 32.7. The molecule has 0 heterocycles. The van der Waals surface area contributed by atoms with Crippen LogP contribution in [0.1, 0.15) is 19.4 Å². The zero-order valence-corrected chi connectivity index (χ0v) is 12.7. The fourth-order valence-corrected chi connectivity index (χ4v) is 1.51. The van der Waals surface area contributed by atoms with Crippen molar-refractivity contribution in [3.8, 4) is 11.5 Å². The Kier molecular flexibility index (Phi) is 6.01. The van der Waals surface area contributed by atoms with Crippen LogP contribution in [-0.2, 0) is 9.59 Å². The standard InChI is InChI=1S/C13H16N4O6/c1-7(2)15-12(19)13(20)16-14-6-8-4-9(17(21)22)11(18)10(5-8)23-3/h4-7,18H,1-3H3,(H,15,19)(H,16,20)/p-1/b14-6-. The molecular formula is C13H15N4O6-. The van der Waals surface area contributed by atoms with E-state index in [2.05, 4.69) is 10.4 Å². The van der Waals surface area contributed by atoms with Gasteiger partial charge in [0.1, 0.15) is 5.75 Å². The summed E-state index contributed by atoms with van der Waals surface area (Å²) in [6, 6.07) is 1.99. The molecule has 0 aromatic heterocycles. The highest BCUT2D eigenvalue weighted by Crippen LogP contribution is 2.33. The molecule has 0 bridgehead atoms. The Bertz CT molecular complexity index is 656. The maximum atomic E-state index is 11.6. The highest BCUT2D eigenvalue weighted by molar-refractivity contribution is 6.35. The van der Waals surface area contributed by atoms with E-state index >= 15 is 0 Å². The number of hydrazone groups is 1. The first-order valence-electron chi connectivity index (χ1n) is 6.43. The van der Waals surface area contributed by atoms with Crippen molar-refractivity contribution < 1.29 is 24.4 Å². The molecule has 0 saturated heterocycles. The molecule has 0 fully saturated rings. The van der Waals surface area contributed by atoms with E-state index in [0.717, 1.165) is 12.3 Å². The van der Waals surface area contributed by atoms with Gasteiger partial charge in [-0.25, -0.2) is 5.43 Å². The van der Waals surface area contributed by atoms with E-state index in [1.165, 1.54) is 13.2 Å². The average Bonchev–Trinajstić information content (AvgIpc) is 2.47. The van der Waals surface area contributed by atoms with Crippen molar-refractivity contribution in [2.75, 3.05) is 7.11 Å². The number of methoxy groups -OCH3 is 1. The van der Waals surface area contributed by atoms with Gasteiger partial charge in [0.05, 0.1) is 18.2 Å². The normalized spacial score (nSPS) is 10.6. The third-order valence-corrected chi connectivity index (χ3v) is 2.48. The van der Waals surface area contributed by atoms with E-state index in [4.69, 9.17) is 4.74 Å². The van der Waals surface area contributed by atoms with Crippen molar-refractivity contribution in [3.05, 3.63) is 27.8 Å². The maximum Gasteiger partial charge on any atom is 0.329 e. The molecule has 0 atom stereocenters. The molecule has 1 aromatic rings. The van der Waals surface area contributed by atoms with Crippen LogP contribution in [0.5, 0.6) is 11.5 Å². The maximum absolute atomic E-state index is 11.6. The van der Waals surface area contributed by atoms with Gasteiger partial charge in [-0.15, -0.1) is 0 Å². The highest BCUT2D eigenvalue weighted by atomic mass is 16.6. The highest BCUT2D eigenvalue weighted by Gasteiger charge is 2.14. The fourth-order valence-electron chi connectivity index (χ4n) is 1.51. The predicted octanol–water partition coefficient (Wildman–Crippen LogP) is -0.348. The van der Waals surface area contributed by atoms with E-state index in [-0.39, 0.29) is 17.4 Å².